The summed E-state index contributed by atoms with van der Waals surface area (Å²) in [5, 5.41) is 19.6. The van der Waals surface area contributed by atoms with Gasteiger partial charge in [0.25, 0.3) is 11.8 Å². The molecule has 0 saturated heterocycles. The first-order chi connectivity index (χ1) is 10.1. The molecule has 1 aromatic heterocycles. The molecule has 0 aromatic carbocycles. The van der Waals surface area contributed by atoms with Crippen LogP contribution < -0.4 is 4.84 Å². The van der Waals surface area contributed by atoms with Crippen molar-refractivity contribution in [2.24, 2.45) is 0 Å². The summed E-state index contributed by atoms with van der Waals surface area (Å²) in [7, 11) is -9.57. The van der Waals surface area contributed by atoms with E-state index in [1.54, 1.807) is 0 Å². The number of hydrogen-bond acceptors (Lipinski definition) is 12. The molecule has 124 valence electrons. The van der Waals surface area contributed by atoms with E-state index in [-0.39, 0.29) is 33.3 Å². The van der Waals surface area contributed by atoms with Gasteiger partial charge in [-0.2, -0.15) is 24.1 Å². The Morgan fingerprint density at radius 2 is 1.50 bits per heavy atom. The molecule has 0 bridgehead atoms. The van der Waals surface area contributed by atoms with Crippen molar-refractivity contribution in [3.05, 3.63) is 0 Å². The topological polar surface area (TPSA) is 158 Å². The van der Waals surface area contributed by atoms with E-state index in [0.717, 1.165) is 0 Å². The van der Waals surface area contributed by atoms with Gasteiger partial charge in [0.05, 0.1) is 0 Å². The number of rotatable bonds is 2. The van der Waals surface area contributed by atoms with Gasteiger partial charge in [-0.25, -0.2) is 4.79 Å². The van der Waals surface area contributed by atoms with Gasteiger partial charge in [0.1, 0.15) is 22.1 Å². The van der Waals surface area contributed by atoms with Crippen molar-refractivity contribution in [3.8, 4) is 11.8 Å². The Morgan fingerprint density at radius 3 is 1.86 bits per heavy atom. The highest BCUT2D eigenvalue weighted by atomic mass is 33.1. The maximum atomic E-state index is 11.9. The van der Waals surface area contributed by atoms with Crippen LogP contribution in [-0.4, -0.2) is 37.7 Å². The normalized spacial score (nSPS) is 19.7. The summed E-state index contributed by atoms with van der Waals surface area (Å²) in [6.45, 7) is 1.38. The average Bonchev–Trinajstić information content (AvgIpc) is 2.68. The highest BCUT2D eigenvalue weighted by Crippen LogP contribution is 2.46. The molecule has 0 atom stereocenters. The number of nitrogens with zero attached hydrogens (tertiary/aromatic N) is 1. The maximum Gasteiger partial charge on any atom is 0.332 e. The van der Waals surface area contributed by atoms with E-state index in [0.29, 0.717) is 0 Å². The van der Waals surface area contributed by atoms with E-state index in [9.17, 15) is 31.8 Å². The molecule has 0 saturated carbocycles. The van der Waals surface area contributed by atoms with E-state index in [1.807, 2.05) is 0 Å². The molecule has 22 heavy (non-hydrogen) atoms. The number of carbonyl (C=O) groups excluding carboxylic acids is 1. The van der Waals surface area contributed by atoms with E-state index in [2.05, 4.69) is 12.1 Å². The van der Waals surface area contributed by atoms with Gasteiger partial charge >= 0.3 is 26.2 Å². The molecule has 0 amide bonds. The van der Waals surface area contributed by atoms with Crippen LogP contribution in [0.2, 0.25) is 0 Å². The minimum atomic E-state index is -4.79. The lowest BCUT2D eigenvalue weighted by Gasteiger charge is -2.08. The van der Waals surface area contributed by atoms with Crippen LogP contribution in [0, 0.1) is 0 Å². The molecule has 1 aliphatic rings. The first kappa shape index (κ1) is 17.2. The van der Waals surface area contributed by atoms with Gasteiger partial charge < -0.3 is 15.1 Å². The maximum absolute atomic E-state index is 11.9. The van der Waals surface area contributed by atoms with E-state index < -0.39 is 47.8 Å². The summed E-state index contributed by atoms with van der Waals surface area (Å²) in [5.41, 5.74) is 0. The number of hydrogen-bond donors (Lipinski definition) is 2. The Morgan fingerprint density at radius 1 is 1.09 bits per heavy atom. The zero-order valence-electron chi connectivity index (χ0n) is 10.4. The molecule has 0 radical (unpaired) electrons. The van der Waals surface area contributed by atoms with Crippen LogP contribution in [0.1, 0.15) is 13.3 Å². The highest BCUT2D eigenvalue weighted by Gasteiger charge is 2.43. The molecule has 11 nitrogen and oxygen atoms in total. The summed E-state index contributed by atoms with van der Waals surface area (Å²) >= 11 is 0.123. The number of aromatic nitrogens is 1. The summed E-state index contributed by atoms with van der Waals surface area (Å²) in [4.78, 5) is 13.1. The molecule has 1 aromatic rings. The Bertz CT molecular complexity index is 762. The van der Waals surface area contributed by atoms with E-state index in [1.165, 1.54) is 6.92 Å². The smallest absolute Gasteiger partial charge is 0.332 e. The highest BCUT2D eigenvalue weighted by molar-refractivity contribution is 8.74. The van der Waals surface area contributed by atoms with Crippen molar-refractivity contribution in [1.82, 2.24) is 4.73 Å². The molecule has 2 heterocycles. The second-order valence-corrected chi connectivity index (χ2v) is 8.41. The number of carbonyl (C=O) groups is 1. The number of fused-ring (bicyclic) bond motifs is 1. The fourth-order valence-corrected chi connectivity index (χ4v) is 6.25. The second-order valence-electron chi connectivity index (χ2n) is 3.60. The van der Waals surface area contributed by atoms with Crippen LogP contribution in [0.15, 0.2) is 9.79 Å². The third-order valence-corrected chi connectivity index (χ3v) is 7.24. The van der Waals surface area contributed by atoms with Crippen LogP contribution >= 0.6 is 22.1 Å². The van der Waals surface area contributed by atoms with Gasteiger partial charge in [-0.15, -0.1) is 4.73 Å². The quantitative estimate of drug-likeness (QED) is 0.508. The van der Waals surface area contributed by atoms with Gasteiger partial charge in [-0.05, 0) is 0 Å². The first-order valence-corrected chi connectivity index (χ1v) is 10.0. The third-order valence-electron chi connectivity index (χ3n) is 2.24. The van der Waals surface area contributed by atoms with Crippen molar-refractivity contribution in [3.63, 3.8) is 0 Å². The molecule has 2 N–H and O–H groups in total. The Labute approximate surface area is 132 Å². The number of aromatic hydroxyl groups is 2. The first-order valence-electron chi connectivity index (χ1n) is 5.20. The SMILES string of the molecule is CCC(=O)On1c(O)c2c(c1O)S(=O)(=O)OSSOS2(=O)=O. The molecule has 0 unspecified atom stereocenters. The molecular weight excluding hydrogens is 386 g/mol. The van der Waals surface area contributed by atoms with Crippen molar-refractivity contribution in [2.45, 2.75) is 23.1 Å². The Balaban J connectivity index is 2.81. The lowest BCUT2D eigenvalue weighted by molar-refractivity contribution is -0.145. The molecule has 1 aliphatic heterocycles. The molecule has 15 heteroatoms. The van der Waals surface area contributed by atoms with Crippen LogP contribution in [-0.2, 0) is 32.3 Å². The fraction of sp³-hybridized carbons (Fsp3) is 0.286. The standard InChI is InChI=1S/C7H7NO10S4/c1-2-3(9)16-8-6(10)4-5(7(8)11)22(14,15)18-20-19-17-21(4,12)13/h10-11H,2H2,1H3. The lowest BCUT2D eigenvalue weighted by Crippen LogP contribution is -2.18. The monoisotopic (exact) mass is 393 g/mol. The van der Waals surface area contributed by atoms with Crippen LogP contribution in [0.3, 0.4) is 0 Å². The van der Waals surface area contributed by atoms with Crippen molar-refractivity contribution < 1.29 is 43.9 Å². The van der Waals surface area contributed by atoms with Gasteiger partial charge in [0.2, 0.25) is 0 Å². The minimum absolute atomic E-state index is 0.0427. The molecular formula is C7H7NO10S4. The summed E-state index contributed by atoms with van der Waals surface area (Å²) in [5.74, 6) is -3.68. The van der Waals surface area contributed by atoms with Crippen LogP contribution in [0.25, 0.3) is 0 Å². The second kappa shape index (κ2) is 5.82. The lowest BCUT2D eigenvalue weighted by atomic mass is 10.5. The zero-order valence-corrected chi connectivity index (χ0v) is 13.7. The Kier molecular flexibility index (Phi) is 4.56. The Hall–Kier alpha value is -1.13. The average molecular weight is 393 g/mol. The van der Waals surface area contributed by atoms with Gasteiger partial charge in [0.15, 0.2) is 9.79 Å². The van der Waals surface area contributed by atoms with Gasteiger partial charge in [-0.3, -0.25) is 0 Å². The molecule has 0 aliphatic carbocycles. The van der Waals surface area contributed by atoms with Gasteiger partial charge in [0, 0.05) is 6.42 Å². The summed E-state index contributed by atoms with van der Waals surface area (Å²) in [6, 6.07) is 0. The zero-order chi connectivity index (χ0) is 16.7. The summed E-state index contributed by atoms with van der Waals surface area (Å²) < 4.78 is 56.1. The fourth-order valence-electron chi connectivity index (χ4n) is 1.36. The van der Waals surface area contributed by atoms with Crippen molar-refractivity contribution in [2.75, 3.05) is 0 Å². The van der Waals surface area contributed by atoms with Crippen LogP contribution in [0.5, 0.6) is 11.8 Å². The molecule has 0 fully saturated rings. The van der Waals surface area contributed by atoms with Crippen LogP contribution in [0.4, 0.5) is 0 Å². The largest absolute Gasteiger partial charge is 0.491 e. The molecule has 0 spiro atoms. The predicted octanol–water partition coefficient (Wildman–Crippen LogP) is -0.0999. The third kappa shape index (κ3) is 2.86. The minimum Gasteiger partial charge on any atom is -0.491 e. The van der Waals surface area contributed by atoms with E-state index >= 15 is 0 Å². The molecule has 2 rings (SSSR count). The van der Waals surface area contributed by atoms with Crippen molar-refractivity contribution in [1.29, 1.82) is 0 Å². The predicted molar refractivity (Wildman–Crippen MR) is 71.4 cm³/mol. The summed E-state index contributed by atoms with van der Waals surface area (Å²) in [6.07, 6.45) is -0.195. The van der Waals surface area contributed by atoms with E-state index in [4.69, 9.17) is 0 Å². The van der Waals surface area contributed by atoms with Gasteiger partial charge in [-0.1, -0.05) is 6.92 Å². The van der Waals surface area contributed by atoms with Crippen molar-refractivity contribution >= 4 is 48.4 Å².